The second kappa shape index (κ2) is 6.73. The fourth-order valence-electron chi connectivity index (χ4n) is 2.78. The minimum absolute atomic E-state index is 0.254. The van der Waals surface area contributed by atoms with E-state index < -0.39 is 0 Å². The maximum absolute atomic E-state index is 6.05. The third-order valence-corrected chi connectivity index (χ3v) is 4.19. The maximum Gasteiger partial charge on any atom is 0.193 e. The molecule has 23 heavy (non-hydrogen) atoms. The molecule has 0 radical (unpaired) electrons. The molecule has 0 amide bonds. The van der Waals surface area contributed by atoms with Crippen molar-refractivity contribution in [3.05, 3.63) is 59.7 Å². The average molecular weight is 309 g/mol. The number of nitrogens with zero attached hydrogens (tertiary/aromatic N) is 1. The van der Waals surface area contributed by atoms with Crippen LogP contribution < -0.4 is 15.8 Å². The van der Waals surface area contributed by atoms with Gasteiger partial charge in [0.15, 0.2) is 5.96 Å². The van der Waals surface area contributed by atoms with Crippen LogP contribution in [0.1, 0.15) is 30.4 Å². The minimum atomic E-state index is 0.254. The van der Waals surface area contributed by atoms with Gasteiger partial charge in [-0.25, -0.2) is 4.99 Å². The number of hydrogen-bond acceptors (Lipinski definition) is 2. The second-order valence-corrected chi connectivity index (χ2v) is 5.88. The highest BCUT2D eigenvalue weighted by Crippen LogP contribution is 2.44. The van der Waals surface area contributed by atoms with E-state index in [4.69, 9.17) is 10.5 Å². The molecule has 3 rings (SSSR count). The van der Waals surface area contributed by atoms with E-state index in [2.05, 4.69) is 41.5 Å². The Hall–Kier alpha value is -2.49. The Morgan fingerprint density at radius 2 is 2.09 bits per heavy atom. The second-order valence-electron chi connectivity index (χ2n) is 5.88. The summed E-state index contributed by atoms with van der Waals surface area (Å²) in [5.74, 6) is 1.81. The van der Waals surface area contributed by atoms with Crippen molar-refractivity contribution in [3.8, 4) is 5.75 Å². The SMILES string of the molecule is CCc1cccc(NC(N)=N[C@@H]2C[C@H]2c2cccc(OC)c2)c1. The Kier molecular flexibility index (Phi) is 4.51. The monoisotopic (exact) mass is 309 g/mol. The van der Waals surface area contributed by atoms with Crippen LogP contribution in [-0.4, -0.2) is 19.1 Å². The number of aliphatic imine (C=N–C) groups is 1. The fourth-order valence-corrected chi connectivity index (χ4v) is 2.78. The van der Waals surface area contributed by atoms with Crippen LogP contribution in [0.5, 0.6) is 5.75 Å². The van der Waals surface area contributed by atoms with E-state index in [1.165, 1.54) is 11.1 Å². The summed E-state index contributed by atoms with van der Waals surface area (Å²) >= 11 is 0. The van der Waals surface area contributed by atoms with E-state index in [1.54, 1.807) is 7.11 Å². The van der Waals surface area contributed by atoms with Gasteiger partial charge in [0.1, 0.15) is 5.75 Å². The van der Waals surface area contributed by atoms with Crippen LogP contribution in [0.25, 0.3) is 0 Å². The molecule has 1 aliphatic rings. The molecule has 0 heterocycles. The molecular formula is C19H23N3O. The van der Waals surface area contributed by atoms with Crippen molar-refractivity contribution >= 4 is 11.6 Å². The van der Waals surface area contributed by atoms with Gasteiger partial charge in [-0.1, -0.05) is 31.2 Å². The molecule has 2 aromatic rings. The Morgan fingerprint density at radius 3 is 2.87 bits per heavy atom. The Morgan fingerprint density at radius 1 is 1.26 bits per heavy atom. The first-order chi connectivity index (χ1) is 11.2. The highest BCUT2D eigenvalue weighted by molar-refractivity contribution is 5.92. The van der Waals surface area contributed by atoms with E-state index in [0.717, 1.165) is 24.3 Å². The van der Waals surface area contributed by atoms with Gasteiger partial charge in [-0.05, 0) is 48.2 Å². The molecule has 3 N–H and O–H groups in total. The van der Waals surface area contributed by atoms with E-state index in [9.17, 15) is 0 Å². The number of guanidine groups is 1. The first kappa shape index (κ1) is 15.4. The molecular weight excluding hydrogens is 286 g/mol. The van der Waals surface area contributed by atoms with Crippen molar-refractivity contribution in [2.45, 2.75) is 31.7 Å². The first-order valence-corrected chi connectivity index (χ1v) is 8.02. The van der Waals surface area contributed by atoms with Gasteiger partial charge >= 0.3 is 0 Å². The van der Waals surface area contributed by atoms with Gasteiger partial charge < -0.3 is 15.8 Å². The molecule has 1 saturated carbocycles. The van der Waals surface area contributed by atoms with Gasteiger partial charge in [-0.2, -0.15) is 0 Å². The van der Waals surface area contributed by atoms with E-state index in [1.807, 2.05) is 24.3 Å². The molecule has 2 aromatic carbocycles. The molecule has 0 saturated heterocycles. The minimum Gasteiger partial charge on any atom is -0.497 e. The van der Waals surface area contributed by atoms with Crippen LogP contribution in [0, 0.1) is 0 Å². The normalized spacial score (nSPS) is 20.2. The molecule has 2 atom stereocenters. The lowest BCUT2D eigenvalue weighted by molar-refractivity contribution is 0.414. The number of ether oxygens (including phenoxy) is 1. The van der Waals surface area contributed by atoms with E-state index in [0.29, 0.717) is 11.9 Å². The number of aryl methyl sites for hydroxylation is 1. The molecule has 0 aliphatic heterocycles. The highest BCUT2D eigenvalue weighted by atomic mass is 16.5. The Labute approximate surface area is 137 Å². The van der Waals surface area contributed by atoms with Crippen LogP contribution in [0.4, 0.5) is 5.69 Å². The summed E-state index contributed by atoms with van der Waals surface area (Å²) in [6, 6.07) is 16.7. The summed E-state index contributed by atoms with van der Waals surface area (Å²) in [6.07, 6.45) is 2.04. The van der Waals surface area contributed by atoms with Crippen molar-refractivity contribution in [2.24, 2.45) is 10.7 Å². The zero-order chi connectivity index (χ0) is 16.2. The molecule has 1 fully saturated rings. The van der Waals surface area contributed by atoms with Crippen LogP contribution >= 0.6 is 0 Å². The Balaban J connectivity index is 1.63. The average Bonchev–Trinajstić information content (AvgIpc) is 3.34. The topological polar surface area (TPSA) is 59.6 Å². The molecule has 4 heteroatoms. The number of anilines is 1. The number of nitrogens with one attached hydrogen (secondary N) is 1. The third-order valence-electron chi connectivity index (χ3n) is 4.19. The van der Waals surface area contributed by atoms with Crippen molar-refractivity contribution in [3.63, 3.8) is 0 Å². The van der Waals surface area contributed by atoms with Crippen LogP contribution in [0.2, 0.25) is 0 Å². The zero-order valence-electron chi connectivity index (χ0n) is 13.6. The summed E-state index contributed by atoms with van der Waals surface area (Å²) < 4.78 is 5.28. The van der Waals surface area contributed by atoms with Crippen LogP contribution in [0.3, 0.4) is 0 Å². The van der Waals surface area contributed by atoms with Gasteiger partial charge in [0, 0.05) is 11.6 Å². The van der Waals surface area contributed by atoms with Crippen molar-refractivity contribution in [2.75, 3.05) is 12.4 Å². The van der Waals surface area contributed by atoms with Crippen LogP contribution in [-0.2, 0) is 6.42 Å². The van der Waals surface area contributed by atoms with Gasteiger partial charge in [-0.15, -0.1) is 0 Å². The Bertz CT molecular complexity index is 711. The van der Waals surface area contributed by atoms with Crippen molar-refractivity contribution < 1.29 is 4.74 Å². The molecule has 0 spiro atoms. The summed E-state index contributed by atoms with van der Waals surface area (Å²) in [7, 11) is 1.69. The molecule has 0 bridgehead atoms. The van der Waals surface area contributed by atoms with E-state index in [-0.39, 0.29) is 6.04 Å². The fraction of sp³-hybridized carbons (Fsp3) is 0.316. The summed E-state index contributed by atoms with van der Waals surface area (Å²) in [5, 5.41) is 3.19. The number of methoxy groups -OCH3 is 1. The van der Waals surface area contributed by atoms with Crippen molar-refractivity contribution in [1.29, 1.82) is 0 Å². The van der Waals surface area contributed by atoms with Gasteiger partial charge in [0.25, 0.3) is 0 Å². The first-order valence-electron chi connectivity index (χ1n) is 8.02. The van der Waals surface area contributed by atoms with E-state index >= 15 is 0 Å². The summed E-state index contributed by atoms with van der Waals surface area (Å²) in [5.41, 5.74) is 9.58. The quantitative estimate of drug-likeness (QED) is 0.656. The summed E-state index contributed by atoms with van der Waals surface area (Å²) in [6.45, 7) is 2.14. The maximum atomic E-state index is 6.05. The predicted molar refractivity (Wildman–Crippen MR) is 95.2 cm³/mol. The lowest BCUT2D eigenvalue weighted by Gasteiger charge is -2.07. The van der Waals surface area contributed by atoms with Gasteiger partial charge in [0.05, 0.1) is 13.2 Å². The zero-order valence-corrected chi connectivity index (χ0v) is 13.6. The largest absolute Gasteiger partial charge is 0.497 e. The number of nitrogens with two attached hydrogens (primary N) is 1. The molecule has 0 aromatic heterocycles. The standard InChI is InChI=1S/C19H23N3O/c1-3-13-6-4-8-15(10-13)21-19(20)22-18-12-17(18)14-7-5-9-16(11-14)23-2/h4-11,17-18H,3,12H2,1-2H3,(H3,20,21,22)/t17-,18+/m0/s1. The smallest absolute Gasteiger partial charge is 0.193 e. The number of hydrogen-bond donors (Lipinski definition) is 2. The van der Waals surface area contributed by atoms with Gasteiger partial charge in [-0.3, -0.25) is 0 Å². The summed E-state index contributed by atoms with van der Waals surface area (Å²) in [4.78, 5) is 4.60. The van der Waals surface area contributed by atoms with Gasteiger partial charge in [0.2, 0.25) is 0 Å². The molecule has 120 valence electrons. The highest BCUT2D eigenvalue weighted by Gasteiger charge is 2.38. The molecule has 1 aliphatic carbocycles. The lowest BCUT2D eigenvalue weighted by atomic mass is 10.1. The number of benzene rings is 2. The number of rotatable bonds is 5. The lowest BCUT2D eigenvalue weighted by Crippen LogP contribution is -2.23. The molecule has 4 nitrogen and oxygen atoms in total. The predicted octanol–water partition coefficient (Wildman–Crippen LogP) is 3.54. The van der Waals surface area contributed by atoms with Crippen LogP contribution in [0.15, 0.2) is 53.5 Å². The molecule has 0 unspecified atom stereocenters. The van der Waals surface area contributed by atoms with Crippen molar-refractivity contribution in [1.82, 2.24) is 0 Å². The third kappa shape index (κ3) is 3.83.